The monoisotopic (exact) mass is 279 g/mol. The number of likely N-dealkylation sites (N-methyl/N-ethyl adjacent to an activating group) is 1. The first kappa shape index (κ1) is 19.5. The van der Waals surface area contributed by atoms with Gasteiger partial charge in [0.15, 0.2) is 0 Å². The van der Waals surface area contributed by atoms with Crippen LogP contribution >= 0.6 is 12.4 Å². The second-order valence-electron chi connectivity index (χ2n) is 4.79. The van der Waals surface area contributed by atoms with E-state index in [4.69, 9.17) is 5.73 Å². The number of hydrogen-bond acceptors (Lipinski definition) is 3. The molecular formula is C12H26ClN3O2. The van der Waals surface area contributed by atoms with E-state index in [9.17, 15) is 9.59 Å². The highest BCUT2D eigenvalue weighted by Crippen LogP contribution is 1.99. The molecular weight excluding hydrogens is 254 g/mol. The van der Waals surface area contributed by atoms with Gasteiger partial charge in [-0.05, 0) is 12.8 Å². The van der Waals surface area contributed by atoms with Gasteiger partial charge in [0.1, 0.15) is 0 Å². The van der Waals surface area contributed by atoms with Crippen LogP contribution in [-0.2, 0) is 9.59 Å². The molecule has 2 amide bonds. The number of carbonyl (C=O) groups excluding carboxylic acids is 2. The molecule has 108 valence electrons. The molecule has 0 spiro atoms. The van der Waals surface area contributed by atoms with Crippen molar-refractivity contribution in [3.05, 3.63) is 0 Å². The van der Waals surface area contributed by atoms with E-state index in [2.05, 4.69) is 5.32 Å². The summed E-state index contributed by atoms with van der Waals surface area (Å²) in [4.78, 5) is 24.6. The Hall–Kier alpha value is -0.810. The van der Waals surface area contributed by atoms with Gasteiger partial charge in [-0.3, -0.25) is 9.59 Å². The van der Waals surface area contributed by atoms with Gasteiger partial charge < -0.3 is 16.0 Å². The third-order valence-electron chi connectivity index (χ3n) is 2.65. The maximum atomic E-state index is 11.7. The van der Waals surface area contributed by atoms with Crippen LogP contribution in [0.2, 0.25) is 0 Å². The van der Waals surface area contributed by atoms with Gasteiger partial charge in [0, 0.05) is 39.0 Å². The Morgan fingerprint density at radius 2 is 1.83 bits per heavy atom. The van der Waals surface area contributed by atoms with Crippen LogP contribution in [-0.4, -0.2) is 42.9 Å². The Kier molecular flexibility index (Phi) is 11.0. The van der Waals surface area contributed by atoms with E-state index in [1.54, 1.807) is 11.9 Å². The lowest BCUT2D eigenvalue weighted by molar-refractivity contribution is -0.131. The van der Waals surface area contributed by atoms with E-state index in [0.717, 1.165) is 0 Å². The van der Waals surface area contributed by atoms with Crippen LogP contribution in [0.4, 0.5) is 0 Å². The largest absolute Gasteiger partial charge is 0.356 e. The van der Waals surface area contributed by atoms with E-state index < -0.39 is 0 Å². The van der Waals surface area contributed by atoms with Crippen molar-refractivity contribution >= 4 is 24.2 Å². The van der Waals surface area contributed by atoms with Crippen LogP contribution in [0, 0.1) is 5.92 Å². The molecule has 0 fully saturated rings. The molecule has 0 bridgehead atoms. The summed E-state index contributed by atoms with van der Waals surface area (Å²) in [6, 6.07) is 0.0360. The fourth-order valence-corrected chi connectivity index (χ4v) is 1.33. The van der Waals surface area contributed by atoms with Gasteiger partial charge in [-0.1, -0.05) is 13.8 Å². The Balaban J connectivity index is 0. The molecule has 0 aromatic carbocycles. The highest BCUT2D eigenvalue weighted by molar-refractivity contribution is 5.85. The molecule has 1 unspecified atom stereocenters. The molecule has 0 aliphatic rings. The molecule has 18 heavy (non-hydrogen) atoms. The third-order valence-corrected chi connectivity index (χ3v) is 2.65. The zero-order valence-corrected chi connectivity index (χ0v) is 12.5. The van der Waals surface area contributed by atoms with Crippen molar-refractivity contribution in [2.45, 2.75) is 39.7 Å². The Labute approximate surface area is 116 Å². The molecule has 5 nitrogen and oxygen atoms in total. The van der Waals surface area contributed by atoms with Crippen molar-refractivity contribution in [1.29, 1.82) is 0 Å². The van der Waals surface area contributed by atoms with Crippen molar-refractivity contribution in [3.8, 4) is 0 Å². The Morgan fingerprint density at radius 3 is 2.28 bits per heavy atom. The van der Waals surface area contributed by atoms with E-state index in [0.29, 0.717) is 31.8 Å². The second-order valence-corrected chi connectivity index (χ2v) is 4.79. The summed E-state index contributed by atoms with van der Waals surface area (Å²) >= 11 is 0. The smallest absolute Gasteiger partial charge is 0.224 e. The average molecular weight is 280 g/mol. The number of rotatable bonds is 7. The number of nitrogens with two attached hydrogens (primary N) is 1. The van der Waals surface area contributed by atoms with E-state index in [1.807, 2.05) is 20.8 Å². The van der Waals surface area contributed by atoms with Gasteiger partial charge >= 0.3 is 0 Å². The molecule has 0 saturated carbocycles. The first-order valence-corrected chi connectivity index (χ1v) is 6.10. The number of amides is 2. The lowest BCUT2D eigenvalue weighted by atomic mass is 10.1. The third kappa shape index (κ3) is 8.31. The zero-order valence-electron chi connectivity index (χ0n) is 11.7. The molecule has 0 rings (SSSR count). The summed E-state index contributed by atoms with van der Waals surface area (Å²) in [6.45, 7) is 6.71. The fourth-order valence-electron chi connectivity index (χ4n) is 1.33. The summed E-state index contributed by atoms with van der Waals surface area (Å²) in [6.07, 6.45) is 0.827. The molecule has 0 radical (unpaired) electrons. The van der Waals surface area contributed by atoms with Gasteiger partial charge in [-0.2, -0.15) is 0 Å². The second kappa shape index (κ2) is 10.1. The van der Waals surface area contributed by atoms with Gasteiger partial charge in [0.25, 0.3) is 0 Å². The van der Waals surface area contributed by atoms with Gasteiger partial charge in [-0.25, -0.2) is 0 Å². The molecule has 0 heterocycles. The van der Waals surface area contributed by atoms with Crippen LogP contribution in [0.15, 0.2) is 0 Å². The van der Waals surface area contributed by atoms with Crippen LogP contribution < -0.4 is 11.1 Å². The van der Waals surface area contributed by atoms with Crippen LogP contribution in [0.3, 0.4) is 0 Å². The van der Waals surface area contributed by atoms with Crippen LogP contribution in [0.25, 0.3) is 0 Å². The molecule has 0 aliphatic carbocycles. The first-order chi connectivity index (χ1) is 7.88. The van der Waals surface area contributed by atoms with Crippen LogP contribution in [0.1, 0.15) is 33.6 Å². The minimum atomic E-state index is 0. The highest BCUT2D eigenvalue weighted by atomic mass is 35.5. The standard InChI is InChI=1S/C12H25N3O2.ClH/c1-9(2)7-11(16)14-6-5-12(17)15(4)10(3)8-13;/h9-10H,5-8,13H2,1-4H3,(H,14,16);1H. The molecule has 0 aromatic heterocycles. The minimum Gasteiger partial charge on any atom is -0.356 e. The average Bonchev–Trinajstić information content (AvgIpc) is 2.25. The summed E-state index contributed by atoms with van der Waals surface area (Å²) in [5.41, 5.74) is 5.48. The van der Waals surface area contributed by atoms with Crippen molar-refractivity contribution in [3.63, 3.8) is 0 Å². The Bertz CT molecular complexity index is 260. The van der Waals surface area contributed by atoms with Gasteiger partial charge in [0.05, 0.1) is 0 Å². The van der Waals surface area contributed by atoms with Gasteiger partial charge in [-0.15, -0.1) is 12.4 Å². The minimum absolute atomic E-state index is 0. The lowest BCUT2D eigenvalue weighted by Crippen LogP contribution is -2.41. The number of carbonyl (C=O) groups is 2. The molecule has 0 aliphatic heterocycles. The summed E-state index contributed by atoms with van der Waals surface area (Å²) in [5.74, 6) is 0.348. The van der Waals surface area contributed by atoms with Crippen LogP contribution in [0.5, 0.6) is 0 Å². The number of nitrogens with one attached hydrogen (secondary N) is 1. The lowest BCUT2D eigenvalue weighted by Gasteiger charge is -2.23. The van der Waals surface area contributed by atoms with Crippen molar-refractivity contribution in [1.82, 2.24) is 10.2 Å². The summed E-state index contributed by atoms with van der Waals surface area (Å²) < 4.78 is 0. The molecule has 0 aromatic rings. The Morgan fingerprint density at radius 1 is 1.28 bits per heavy atom. The molecule has 6 heteroatoms. The van der Waals surface area contributed by atoms with E-state index >= 15 is 0 Å². The van der Waals surface area contributed by atoms with Crippen molar-refractivity contribution in [2.24, 2.45) is 11.7 Å². The number of hydrogen-bond donors (Lipinski definition) is 2. The topological polar surface area (TPSA) is 75.4 Å². The van der Waals surface area contributed by atoms with Crippen molar-refractivity contribution < 1.29 is 9.59 Å². The normalized spacial score (nSPS) is 11.7. The molecule has 3 N–H and O–H groups in total. The number of nitrogens with zero attached hydrogens (tertiary/aromatic N) is 1. The fraction of sp³-hybridized carbons (Fsp3) is 0.833. The van der Waals surface area contributed by atoms with E-state index in [1.165, 1.54) is 0 Å². The predicted molar refractivity (Wildman–Crippen MR) is 75.6 cm³/mol. The summed E-state index contributed by atoms with van der Waals surface area (Å²) in [7, 11) is 1.73. The first-order valence-electron chi connectivity index (χ1n) is 6.10. The summed E-state index contributed by atoms with van der Waals surface area (Å²) in [5, 5.41) is 2.74. The van der Waals surface area contributed by atoms with Gasteiger partial charge in [0.2, 0.25) is 11.8 Å². The quantitative estimate of drug-likeness (QED) is 0.723. The SMILES string of the molecule is CC(C)CC(=O)NCCC(=O)N(C)C(C)CN.Cl. The molecule has 1 atom stereocenters. The maximum Gasteiger partial charge on any atom is 0.224 e. The zero-order chi connectivity index (χ0) is 13.4. The predicted octanol–water partition coefficient (Wildman–Crippen LogP) is 0.766. The maximum absolute atomic E-state index is 11.7. The molecule has 0 saturated heterocycles. The van der Waals surface area contributed by atoms with Crippen molar-refractivity contribution in [2.75, 3.05) is 20.1 Å². The highest BCUT2D eigenvalue weighted by Gasteiger charge is 2.14. The van der Waals surface area contributed by atoms with E-state index in [-0.39, 0.29) is 30.3 Å². The number of halogens is 1.